The molecule has 3 nitrogen and oxygen atoms in total. The van der Waals surface area contributed by atoms with Gasteiger partial charge in [-0.25, -0.2) is 4.79 Å². The van der Waals surface area contributed by atoms with E-state index in [1.807, 2.05) is 18.2 Å². The number of methoxy groups -OCH3 is 1. The highest BCUT2D eigenvalue weighted by Gasteiger charge is 2.31. The number of hydrogen-bond acceptors (Lipinski definition) is 3. The first-order valence-electron chi connectivity index (χ1n) is 5.54. The predicted octanol–water partition coefficient (Wildman–Crippen LogP) is 3.49. The van der Waals surface area contributed by atoms with Crippen LogP contribution in [0.1, 0.15) is 34.0 Å². The summed E-state index contributed by atoms with van der Waals surface area (Å²) in [4.78, 5) is 11.8. The molecule has 0 amide bonds. The quantitative estimate of drug-likeness (QED) is 0.904. The topological polar surface area (TPSA) is 46.5 Å². The Hall–Kier alpha value is -1.55. The minimum atomic E-state index is -0.813. The average Bonchev–Trinajstić information content (AvgIpc) is 3.08. The van der Waals surface area contributed by atoms with E-state index < -0.39 is 5.97 Å². The molecule has 1 heterocycles. The summed E-state index contributed by atoms with van der Waals surface area (Å²) in [5, 5.41) is 10.3. The van der Waals surface area contributed by atoms with Crippen molar-refractivity contribution in [2.24, 2.45) is 0 Å². The van der Waals surface area contributed by atoms with Crippen molar-refractivity contribution in [3.8, 4) is 5.75 Å². The molecule has 1 aromatic carbocycles. The van der Waals surface area contributed by atoms with Gasteiger partial charge in [0.2, 0.25) is 0 Å². The Morgan fingerprint density at radius 1 is 1.47 bits per heavy atom. The third kappa shape index (κ3) is 1.69. The molecular formula is C13H12O3S. The van der Waals surface area contributed by atoms with E-state index in [9.17, 15) is 9.90 Å². The van der Waals surface area contributed by atoms with Gasteiger partial charge in [0.25, 0.3) is 0 Å². The molecule has 1 saturated carbocycles. The molecule has 0 unspecified atom stereocenters. The van der Waals surface area contributed by atoms with Crippen LogP contribution in [0.5, 0.6) is 5.75 Å². The van der Waals surface area contributed by atoms with Gasteiger partial charge in [-0.1, -0.05) is 0 Å². The van der Waals surface area contributed by atoms with Crippen molar-refractivity contribution < 1.29 is 14.6 Å². The lowest BCUT2D eigenvalue weighted by atomic mass is 10.1. The van der Waals surface area contributed by atoms with Gasteiger partial charge in [-0.15, -0.1) is 11.3 Å². The molecule has 0 aliphatic heterocycles. The summed E-state index contributed by atoms with van der Waals surface area (Å²) in [6.07, 6.45) is 2.22. The average molecular weight is 248 g/mol. The third-order valence-corrected chi connectivity index (χ3v) is 4.27. The van der Waals surface area contributed by atoms with Crippen molar-refractivity contribution in [1.29, 1.82) is 0 Å². The summed E-state index contributed by atoms with van der Waals surface area (Å²) in [6.45, 7) is 0. The molecule has 3 rings (SSSR count). The van der Waals surface area contributed by atoms with E-state index in [-0.39, 0.29) is 0 Å². The molecule has 1 fully saturated rings. The molecule has 1 aliphatic rings. The zero-order valence-corrected chi connectivity index (χ0v) is 10.2. The standard InChI is InChI=1S/C13H12O3S/c1-16-8-4-5-9-10(6-8)17-12(13(14)15)11(9)7-2-3-7/h4-7H,2-3H2,1H3,(H,14,15). The summed E-state index contributed by atoms with van der Waals surface area (Å²) >= 11 is 1.35. The molecule has 17 heavy (non-hydrogen) atoms. The second-order valence-corrected chi connectivity index (χ2v) is 5.34. The van der Waals surface area contributed by atoms with E-state index in [1.54, 1.807) is 7.11 Å². The smallest absolute Gasteiger partial charge is 0.346 e. The van der Waals surface area contributed by atoms with Gasteiger partial charge in [-0.05, 0) is 47.9 Å². The van der Waals surface area contributed by atoms with Crippen LogP contribution in [-0.2, 0) is 0 Å². The van der Waals surface area contributed by atoms with Crippen LogP contribution >= 0.6 is 11.3 Å². The molecule has 2 aromatic rings. The first-order chi connectivity index (χ1) is 8.20. The van der Waals surface area contributed by atoms with Gasteiger partial charge in [0.05, 0.1) is 7.11 Å². The van der Waals surface area contributed by atoms with Gasteiger partial charge in [0.1, 0.15) is 10.6 Å². The molecule has 0 bridgehead atoms. The Kier molecular flexibility index (Phi) is 2.33. The van der Waals surface area contributed by atoms with Crippen LogP contribution in [0.2, 0.25) is 0 Å². The number of ether oxygens (including phenoxy) is 1. The number of fused-ring (bicyclic) bond motifs is 1. The lowest BCUT2D eigenvalue weighted by molar-refractivity contribution is 0.0701. The van der Waals surface area contributed by atoms with Crippen LogP contribution in [0, 0.1) is 0 Å². The van der Waals surface area contributed by atoms with Crippen LogP contribution in [0.25, 0.3) is 10.1 Å². The van der Waals surface area contributed by atoms with E-state index in [0.717, 1.165) is 34.2 Å². The number of carbonyl (C=O) groups is 1. The van der Waals surface area contributed by atoms with Crippen LogP contribution in [-0.4, -0.2) is 18.2 Å². The number of benzene rings is 1. The van der Waals surface area contributed by atoms with E-state index in [2.05, 4.69) is 0 Å². The van der Waals surface area contributed by atoms with Crippen molar-refractivity contribution in [1.82, 2.24) is 0 Å². The monoisotopic (exact) mass is 248 g/mol. The van der Waals surface area contributed by atoms with Gasteiger partial charge >= 0.3 is 5.97 Å². The van der Waals surface area contributed by atoms with Crippen molar-refractivity contribution in [3.05, 3.63) is 28.6 Å². The maximum atomic E-state index is 11.3. The number of aromatic carboxylic acids is 1. The molecule has 0 spiro atoms. The third-order valence-electron chi connectivity index (χ3n) is 3.12. The van der Waals surface area contributed by atoms with Crippen LogP contribution < -0.4 is 4.74 Å². The van der Waals surface area contributed by atoms with E-state index in [4.69, 9.17) is 4.74 Å². The normalized spacial score (nSPS) is 15.1. The van der Waals surface area contributed by atoms with Crippen molar-refractivity contribution in [2.75, 3.05) is 7.11 Å². The number of carboxylic acid groups (broad SMARTS) is 1. The Bertz CT molecular complexity index is 596. The van der Waals surface area contributed by atoms with E-state index in [1.165, 1.54) is 11.3 Å². The second-order valence-electron chi connectivity index (χ2n) is 4.29. The zero-order chi connectivity index (χ0) is 12.0. The molecule has 1 N–H and O–H groups in total. The maximum Gasteiger partial charge on any atom is 0.346 e. The van der Waals surface area contributed by atoms with E-state index in [0.29, 0.717) is 10.8 Å². The fourth-order valence-corrected chi connectivity index (χ4v) is 3.32. The number of carboxylic acids is 1. The lowest BCUT2D eigenvalue weighted by Gasteiger charge is -2.00. The minimum absolute atomic E-state index is 0.447. The molecule has 0 saturated heterocycles. The summed E-state index contributed by atoms with van der Waals surface area (Å²) < 4.78 is 6.17. The van der Waals surface area contributed by atoms with Gasteiger partial charge in [-0.2, -0.15) is 0 Å². The van der Waals surface area contributed by atoms with Crippen LogP contribution in [0.4, 0.5) is 0 Å². The van der Waals surface area contributed by atoms with Crippen molar-refractivity contribution in [2.45, 2.75) is 18.8 Å². The SMILES string of the molecule is COc1ccc2c(C3CC3)c(C(=O)O)sc2c1. The summed E-state index contributed by atoms with van der Waals surface area (Å²) in [5.74, 6) is 0.411. The van der Waals surface area contributed by atoms with Gasteiger partial charge in [0.15, 0.2) is 0 Å². The molecule has 88 valence electrons. The molecule has 4 heteroatoms. The lowest BCUT2D eigenvalue weighted by Crippen LogP contribution is -1.96. The summed E-state index contributed by atoms with van der Waals surface area (Å²) in [6, 6.07) is 5.79. The number of thiophene rings is 1. The van der Waals surface area contributed by atoms with Crippen molar-refractivity contribution >= 4 is 27.4 Å². The van der Waals surface area contributed by atoms with Gasteiger partial charge < -0.3 is 9.84 Å². The molecule has 0 radical (unpaired) electrons. The van der Waals surface area contributed by atoms with E-state index >= 15 is 0 Å². The Morgan fingerprint density at radius 3 is 2.82 bits per heavy atom. The summed E-state index contributed by atoms with van der Waals surface area (Å²) in [5.41, 5.74) is 1.03. The van der Waals surface area contributed by atoms with Crippen molar-refractivity contribution in [3.63, 3.8) is 0 Å². The Labute approximate surface area is 103 Å². The number of rotatable bonds is 3. The van der Waals surface area contributed by atoms with Gasteiger partial charge in [-0.3, -0.25) is 0 Å². The first-order valence-corrected chi connectivity index (χ1v) is 6.36. The highest BCUT2D eigenvalue weighted by atomic mass is 32.1. The predicted molar refractivity (Wildman–Crippen MR) is 67.3 cm³/mol. The maximum absolute atomic E-state index is 11.3. The molecule has 1 aliphatic carbocycles. The minimum Gasteiger partial charge on any atom is -0.497 e. The fourth-order valence-electron chi connectivity index (χ4n) is 2.16. The molecule has 1 aromatic heterocycles. The largest absolute Gasteiger partial charge is 0.497 e. The first kappa shape index (κ1) is 10.6. The second kappa shape index (κ2) is 3.74. The fraction of sp³-hybridized carbons (Fsp3) is 0.308. The molecular weight excluding hydrogens is 236 g/mol. The Morgan fingerprint density at radius 2 is 2.24 bits per heavy atom. The zero-order valence-electron chi connectivity index (χ0n) is 9.40. The number of hydrogen-bond donors (Lipinski definition) is 1. The highest BCUT2D eigenvalue weighted by molar-refractivity contribution is 7.21. The van der Waals surface area contributed by atoms with Crippen LogP contribution in [0.3, 0.4) is 0 Å². The molecule has 0 atom stereocenters. The van der Waals surface area contributed by atoms with Crippen LogP contribution in [0.15, 0.2) is 18.2 Å². The van der Waals surface area contributed by atoms with Gasteiger partial charge in [0, 0.05) is 4.70 Å². The summed E-state index contributed by atoms with van der Waals surface area (Å²) in [7, 11) is 1.62. The Balaban J connectivity index is 2.26. The highest BCUT2D eigenvalue weighted by Crippen LogP contribution is 2.48.